The first-order chi connectivity index (χ1) is 9.19. The van der Waals surface area contributed by atoms with Gasteiger partial charge in [-0.05, 0) is 39.7 Å². The van der Waals surface area contributed by atoms with E-state index in [1.54, 1.807) is 16.8 Å². The number of fused-ring (bicyclic) bond motifs is 1. The summed E-state index contributed by atoms with van der Waals surface area (Å²) in [6.45, 7) is 7.17. The topological polar surface area (TPSA) is 34.5 Å². The minimum Gasteiger partial charge on any atom is -0.251 e. The number of rotatable bonds is 1. The highest BCUT2D eigenvalue weighted by Gasteiger charge is 2.12. The molecule has 3 aromatic heterocycles. The molecule has 0 aliphatic rings. The maximum Gasteiger partial charge on any atom is 0.232 e. The van der Waals surface area contributed by atoms with Gasteiger partial charge in [-0.25, -0.2) is 9.83 Å². The molecule has 3 rings (SSSR count). The van der Waals surface area contributed by atoms with Crippen molar-refractivity contribution >= 4 is 27.1 Å². The fraction of sp³-hybridized carbons (Fsp3) is 0. The van der Waals surface area contributed by atoms with Crippen LogP contribution in [0.25, 0.3) is 21.5 Å². The maximum atomic E-state index is 12.9. The molecule has 4 nitrogen and oxygen atoms in total. The first kappa shape index (κ1) is 11.8. The van der Waals surface area contributed by atoms with Crippen LogP contribution in [0, 0.1) is 12.5 Å². The van der Waals surface area contributed by atoms with Crippen molar-refractivity contribution < 1.29 is 4.39 Å². The lowest BCUT2D eigenvalue weighted by Crippen LogP contribution is -1.91. The molecule has 3 heterocycles. The third-order valence-corrected chi connectivity index (χ3v) is 3.15. The molecular formula is C13H6BrFN4. The van der Waals surface area contributed by atoms with Crippen LogP contribution in [-0.4, -0.2) is 14.6 Å². The average molecular weight is 317 g/mol. The Labute approximate surface area is 116 Å². The quantitative estimate of drug-likeness (QED) is 0.505. The van der Waals surface area contributed by atoms with E-state index >= 15 is 0 Å². The van der Waals surface area contributed by atoms with E-state index in [1.807, 2.05) is 6.07 Å². The standard InChI is InChI=1S/C13H6BrFN4/c1-16-11-6-18-19-7-9(14)4-10(13(11)19)8-2-3-12(15)17-5-8/h2-7H. The predicted molar refractivity (Wildman–Crippen MR) is 72.3 cm³/mol. The lowest BCUT2D eigenvalue weighted by Gasteiger charge is -2.06. The molecule has 92 valence electrons. The first-order valence-electron chi connectivity index (χ1n) is 5.35. The van der Waals surface area contributed by atoms with E-state index in [0.29, 0.717) is 11.2 Å². The third-order valence-electron chi connectivity index (χ3n) is 2.72. The van der Waals surface area contributed by atoms with Gasteiger partial charge < -0.3 is 0 Å². The van der Waals surface area contributed by atoms with Gasteiger partial charge in [0.25, 0.3) is 0 Å². The molecule has 0 aliphatic heterocycles. The molecule has 0 fully saturated rings. The molecule has 0 spiro atoms. The van der Waals surface area contributed by atoms with Crippen molar-refractivity contribution in [3.8, 4) is 11.1 Å². The first-order valence-corrected chi connectivity index (χ1v) is 6.14. The zero-order valence-corrected chi connectivity index (χ0v) is 11.1. The van der Waals surface area contributed by atoms with Gasteiger partial charge in [0.1, 0.15) is 0 Å². The predicted octanol–water partition coefficient (Wildman–Crippen LogP) is 3.85. The minimum absolute atomic E-state index is 0.451. The van der Waals surface area contributed by atoms with Crippen molar-refractivity contribution in [3.63, 3.8) is 0 Å². The molecule has 0 N–H and O–H groups in total. The Kier molecular flexibility index (Phi) is 2.76. The van der Waals surface area contributed by atoms with Crippen LogP contribution in [0.3, 0.4) is 0 Å². The van der Waals surface area contributed by atoms with E-state index in [2.05, 4.69) is 30.9 Å². The molecule has 0 bridgehead atoms. The van der Waals surface area contributed by atoms with Crippen LogP contribution < -0.4 is 0 Å². The van der Waals surface area contributed by atoms with Gasteiger partial charge in [-0.1, -0.05) is 0 Å². The van der Waals surface area contributed by atoms with E-state index in [1.165, 1.54) is 18.5 Å². The van der Waals surface area contributed by atoms with Crippen molar-refractivity contribution in [2.45, 2.75) is 0 Å². The summed E-state index contributed by atoms with van der Waals surface area (Å²) in [7, 11) is 0. The average Bonchev–Trinajstić information content (AvgIpc) is 2.81. The monoisotopic (exact) mass is 316 g/mol. The Morgan fingerprint density at radius 2 is 2.16 bits per heavy atom. The van der Waals surface area contributed by atoms with Crippen LogP contribution in [0.2, 0.25) is 0 Å². The van der Waals surface area contributed by atoms with Gasteiger partial charge in [-0.2, -0.15) is 9.49 Å². The van der Waals surface area contributed by atoms with Crippen LogP contribution in [-0.2, 0) is 0 Å². The molecule has 0 saturated carbocycles. The van der Waals surface area contributed by atoms with Gasteiger partial charge in [-0.3, -0.25) is 4.52 Å². The number of hydrogen-bond donors (Lipinski definition) is 0. The number of halogens is 2. The van der Waals surface area contributed by atoms with E-state index < -0.39 is 5.95 Å². The summed E-state index contributed by atoms with van der Waals surface area (Å²) in [6, 6.07) is 4.78. The zero-order chi connectivity index (χ0) is 13.4. The Balaban J connectivity index is 2.36. The summed E-state index contributed by atoms with van der Waals surface area (Å²) < 4.78 is 15.3. The van der Waals surface area contributed by atoms with Gasteiger partial charge >= 0.3 is 0 Å². The molecule has 0 aromatic carbocycles. The van der Waals surface area contributed by atoms with Crippen LogP contribution >= 0.6 is 15.9 Å². The highest BCUT2D eigenvalue weighted by molar-refractivity contribution is 9.10. The van der Waals surface area contributed by atoms with Crippen molar-refractivity contribution in [2.24, 2.45) is 0 Å². The molecule has 6 heteroatoms. The van der Waals surface area contributed by atoms with E-state index in [-0.39, 0.29) is 0 Å². The molecule has 0 amide bonds. The van der Waals surface area contributed by atoms with E-state index in [4.69, 9.17) is 6.57 Å². The molecule has 0 atom stereocenters. The van der Waals surface area contributed by atoms with Crippen molar-refractivity contribution in [3.05, 3.63) is 58.6 Å². The summed E-state index contributed by atoms with van der Waals surface area (Å²) in [5, 5.41) is 4.13. The highest BCUT2D eigenvalue weighted by Crippen LogP contribution is 2.33. The molecule has 19 heavy (non-hydrogen) atoms. The van der Waals surface area contributed by atoms with Gasteiger partial charge in [-0.15, -0.1) is 0 Å². The van der Waals surface area contributed by atoms with Crippen molar-refractivity contribution in [1.82, 2.24) is 14.6 Å². The number of hydrogen-bond acceptors (Lipinski definition) is 2. The Bertz CT molecular complexity index is 802. The SMILES string of the molecule is [C-]#[N+]c1cnn2cc(Br)cc(-c3ccc(F)nc3)c12. The van der Waals surface area contributed by atoms with Gasteiger partial charge in [0, 0.05) is 22.4 Å². The van der Waals surface area contributed by atoms with Gasteiger partial charge in [0.15, 0.2) is 0 Å². The summed E-state index contributed by atoms with van der Waals surface area (Å²) in [4.78, 5) is 7.09. The van der Waals surface area contributed by atoms with E-state index in [9.17, 15) is 4.39 Å². The van der Waals surface area contributed by atoms with Crippen molar-refractivity contribution in [2.75, 3.05) is 0 Å². The molecule has 0 aliphatic carbocycles. The summed E-state index contributed by atoms with van der Waals surface area (Å²) >= 11 is 3.39. The Hall–Kier alpha value is -2.26. The summed E-state index contributed by atoms with van der Waals surface area (Å²) in [5.74, 6) is -0.534. The largest absolute Gasteiger partial charge is 0.251 e. The molecule has 3 aromatic rings. The maximum absolute atomic E-state index is 12.9. The Morgan fingerprint density at radius 1 is 1.32 bits per heavy atom. The minimum atomic E-state index is -0.534. The molecule has 0 radical (unpaired) electrons. The lowest BCUT2D eigenvalue weighted by molar-refractivity contribution is 0.584. The van der Waals surface area contributed by atoms with E-state index in [0.717, 1.165) is 15.6 Å². The fourth-order valence-electron chi connectivity index (χ4n) is 1.91. The van der Waals surface area contributed by atoms with Gasteiger partial charge in [0.05, 0.1) is 18.3 Å². The molecule has 0 unspecified atom stereocenters. The van der Waals surface area contributed by atoms with Crippen LogP contribution in [0.15, 0.2) is 41.3 Å². The van der Waals surface area contributed by atoms with Crippen molar-refractivity contribution in [1.29, 1.82) is 0 Å². The molecular weight excluding hydrogens is 311 g/mol. The van der Waals surface area contributed by atoms with Crippen LogP contribution in [0.1, 0.15) is 0 Å². The fourth-order valence-corrected chi connectivity index (χ4v) is 2.33. The number of nitrogens with zero attached hydrogens (tertiary/aromatic N) is 4. The molecule has 0 saturated heterocycles. The van der Waals surface area contributed by atoms with Crippen LogP contribution in [0.5, 0.6) is 0 Å². The summed E-state index contributed by atoms with van der Waals surface area (Å²) in [5.41, 5.74) is 2.65. The summed E-state index contributed by atoms with van der Waals surface area (Å²) in [6.07, 6.45) is 4.72. The zero-order valence-electron chi connectivity index (χ0n) is 9.51. The second-order valence-electron chi connectivity index (χ2n) is 3.88. The smallest absolute Gasteiger partial charge is 0.232 e. The second kappa shape index (κ2) is 4.44. The van der Waals surface area contributed by atoms with Gasteiger partial charge in [0.2, 0.25) is 11.6 Å². The lowest BCUT2D eigenvalue weighted by atomic mass is 10.1. The second-order valence-corrected chi connectivity index (χ2v) is 4.79. The third kappa shape index (κ3) is 1.98. The number of aromatic nitrogens is 3. The normalized spacial score (nSPS) is 10.6. The Morgan fingerprint density at radius 3 is 2.84 bits per heavy atom. The number of pyridine rings is 2. The highest BCUT2D eigenvalue weighted by atomic mass is 79.9. The van der Waals surface area contributed by atoms with Crippen LogP contribution in [0.4, 0.5) is 10.1 Å².